The Bertz CT molecular complexity index is 520. The number of hydrogen-bond donors (Lipinski definition) is 2. The predicted octanol–water partition coefficient (Wildman–Crippen LogP) is 3.25. The Kier molecular flexibility index (Phi) is 4.19. The predicted molar refractivity (Wildman–Crippen MR) is 74.6 cm³/mol. The van der Waals surface area contributed by atoms with Gasteiger partial charge in [-0.1, -0.05) is 29.3 Å². The Morgan fingerprint density at radius 3 is 2.28 bits per heavy atom. The lowest BCUT2D eigenvalue weighted by atomic mass is 10.0. The maximum absolute atomic E-state index is 6.00. The molecule has 0 amide bonds. The van der Waals surface area contributed by atoms with Gasteiger partial charge in [-0.05, 0) is 42.3 Å². The molecule has 0 aliphatic rings. The topological polar surface area (TPSA) is 50.9 Å². The summed E-state index contributed by atoms with van der Waals surface area (Å²) in [5.74, 6) is 5.61. The van der Waals surface area contributed by atoms with Crippen LogP contribution < -0.4 is 11.3 Å². The molecule has 18 heavy (non-hydrogen) atoms. The fourth-order valence-corrected chi connectivity index (χ4v) is 2.32. The lowest BCUT2D eigenvalue weighted by Gasteiger charge is -2.17. The summed E-state index contributed by atoms with van der Waals surface area (Å²) >= 11 is 12.0. The molecule has 0 aliphatic heterocycles. The van der Waals surface area contributed by atoms with Crippen molar-refractivity contribution in [1.29, 1.82) is 0 Å². The Morgan fingerprint density at radius 2 is 1.78 bits per heavy atom. The molecule has 0 bridgehead atoms. The number of nitrogens with two attached hydrogens (primary N) is 1. The molecule has 0 aliphatic carbocycles. The van der Waals surface area contributed by atoms with Crippen LogP contribution in [0.4, 0.5) is 0 Å². The molecule has 3 N–H and O–H groups in total. The number of aromatic nitrogens is 1. The van der Waals surface area contributed by atoms with Crippen molar-refractivity contribution in [3.63, 3.8) is 0 Å². The molecule has 3 nitrogen and oxygen atoms in total. The number of nitrogens with zero attached hydrogens (tertiary/aromatic N) is 1. The Hall–Kier alpha value is -1.13. The number of hydrogen-bond acceptors (Lipinski definition) is 3. The van der Waals surface area contributed by atoms with E-state index in [4.69, 9.17) is 29.0 Å². The highest BCUT2D eigenvalue weighted by molar-refractivity contribution is 6.34. The molecule has 1 heterocycles. The van der Waals surface area contributed by atoms with Crippen LogP contribution in [-0.4, -0.2) is 4.98 Å². The van der Waals surface area contributed by atoms with Gasteiger partial charge in [0.05, 0.1) is 6.04 Å². The molecule has 0 fully saturated rings. The molecule has 0 saturated carbocycles. The first kappa shape index (κ1) is 13.3. The Labute approximate surface area is 116 Å². The van der Waals surface area contributed by atoms with Crippen LogP contribution in [0, 0.1) is 6.92 Å². The number of nitrogens with one attached hydrogen (secondary N) is 1. The van der Waals surface area contributed by atoms with Gasteiger partial charge in [0.2, 0.25) is 0 Å². The summed E-state index contributed by atoms with van der Waals surface area (Å²) in [6, 6.07) is 9.07. The zero-order valence-corrected chi connectivity index (χ0v) is 11.3. The second-order valence-corrected chi connectivity index (χ2v) is 4.91. The number of pyridine rings is 1. The zero-order chi connectivity index (χ0) is 13.1. The van der Waals surface area contributed by atoms with Crippen molar-refractivity contribution in [3.05, 3.63) is 63.4 Å². The molecule has 1 atom stereocenters. The smallest absolute Gasteiger partial charge is 0.0726 e. The second-order valence-electron chi connectivity index (χ2n) is 4.04. The van der Waals surface area contributed by atoms with E-state index < -0.39 is 0 Å². The number of halogens is 2. The third-order valence-electron chi connectivity index (χ3n) is 2.65. The maximum atomic E-state index is 6.00. The molecule has 1 aromatic carbocycles. The minimum Gasteiger partial charge on any atom is -0.271 e. The van der Waals surface area contributed by atoms with E-state index in [1.54, 1.807) is 12.3 Å². The first-order valence-electron chi connectivity index (χ1n) is 5.45. The zero-order valence-electron chi connectivity index (χ0n) is 9.82. The Balaban J connectivity index is 2.41. The van der Waals surface area contributed by atoms with Gasteiger partial charge in [-0.3, -0.25) is 10.8 Å². The standard InChI is InChI=1S/C13H13Cl2N3/c1-8-2-3-9(7-17-8)13(18-16)10-4-11(14)6-12(15)5-10/h2-7,13,18H,16H2,1H3. The van der Waals surface area contributed by atoms with Crippen LogP contribution in [-0.2, 0) is 0 Å². The molecule has 2 rings (SSSR count). The van der Waals surface area contributed by atoms with Crippen molar-refractivity contribution >= 4 is 23.2 Å². The highest BCUT2D eigenvalue weighted by Gasteiger charge is 2.13. The maximum Gasteiger partial charge on any atom is 0.0726 e. The molecule has 0 radical (unpaired) electrons. The average molecular weight is 282 g/mol. The van der Waals surface area contributed by atoms with Gasteiger partial charge in [0.1, 0.15) is 0 Å². The van der Waals surface area contributed by atoms with Gasteiger partial charge >= 0.3 is 0 Å². The summed E-state index contributed by atoms with van der Waals surface area (Å²) in [5.41, 5.74) is 5.57. The molecule has 2 aromatic rings. The molecule has 5 heteroatoms. The summed E-state index contributed by atoms with van der Waals surface area (Å²) in [7, 11) is 0. The molecule has 1 unspecified atom stereocenters. The summed E-state index contributed by atoms with van der Waals surface area (Å²) in [6.07, 6.45) is 1.79. The van der Waals surface area contributed by atoms with Gasteiger partial charge in [0.15, 0.2) is 0 Å². The molecular weight excluding hydrogens is 269 g/mol. The molecule has 0 spiro atoms. The second kappa shape index (κ2) is 5.67. The molecular formula is C13H13Cl2N3. The fourth-order valence-electron chi connectivity index (χ4n) is 1.78. The fraction of sp³-hybridized carbons (Fsp3) is 0.154. The van der Waals surface area contributed by atoms with Crippen molar-refractivity contribution in [1.82, 2.24) is 10.4 Å². The van der Waals surface area contributed by atoms with E-state index in [1.807, 2.05) is 31.2 Å². The van der Waals surface area contributed by atoms with Gasteiger partial charge < -0.3 is 0 Å². The highest BCUT2D eigenvalue weighted by Crippen LogP contribution is 2.27. The van der Waals surface area contributed by atoms with E-state index in [2.05, 4.69) is 10.4 Å². The summed E-state index contributed by atoms with van der Waals surface area (Å²) in [6.45, 7) is 1.94. The Morgan fingerprint density at radius 1 is 1.11 bits per heavy atom. The van der Waals surface area contributed by atoms with Crippen LogP contribution in [0.25, 0.3) is 0 Å². The number of hydrazine groups is 1. The quantitative estimate of drug-likeness (QED) is 0.671. The lowest BCUT2D eigenvalue weighted by molar-refractivity contribution is 0.634. The van der Waals surface area contributed by atoms with Crippen LogP contribution >= 0.6 is 23.2 Å². The van der Waals surface area contributed by atoms with Crippen LogP contribution in [0.1, 0.15) is 22.9 Å². The third-order valence-corrected chi connectivity index (χ3v) is 3.09. The van der Waals surface area contributed by atoms with E-state index in [0.29, 0.717) is 10.0 Å². The van der Waals surface area contributed by atoms with Gasteiger partial charge in [-0.25, -0.2) is 5.43 Å². The number of benzene rings is 1. The van der Waals surface area contributed by atoms with E-state index >= 15 is 0 Å². The SMILES string of the molecule is Cc1ccc(C(NN)c2cc(Cl)cc(Cl)c2)cn1. The van der Waals surface area contributed by atoms with E-state index in [-0.39, 0.29) is 6.04 Å². The van der Waals surface area contributed by atoms with Gasteiger partial charge in [-0.2, -0.15) is 0 Å². The average Bonchev–Trinajstić information content (AvgIpc) is 2.31. The first-order chi connectivity index (χ1) is 8.60. The van der Waals surface area contributed by atoms with Crippen molar-refractivity contribution in [2.45, 2.75) is 13.0 Å². The van der Waals surface area contributed by atoms with E-state index in [9.17, 15) is 0 Å². The monoisotopic (exact) mass is 281 g/mol. The minimum absolute atomic E-state index is 0.186. The van der Waals surface area contributed by atoms with Crippen LogP contribution in [0.3, 0.4) is 0 Å². The van der Waals surface area contributed by atoms with Gasteiger partial charge in [0.25, 0.3) is 0 Å². The molecule has 1 aromatic heterocycles. The third kappa shape index (κ3) is 3.00. The van der Waals surface area contributed by atoms with Crippen LogP contribution in [0.2, 0.25) is 10.0 Å². The van der Waals surface area contributed by atoms with Crippen molar-refractivity contribution in [3.8, 4) is 0 Å². The highest BCUT2D eigenvalue weighted by atomic mass is 35.5. The first-order valence-corrected chi connectivity index (χ1v) is 6.20. The molecule has 0 saturated heterocycles. The number of aryl methyl sites for hydroxylation is 1. The summed E-state index contributed by atoms with van der Waals surface area (Å²) in [4.78, 5) is 4.26. The van der Waals surface area contributed by atoms with Crippen molar-refractivity contribution in [2.24, 2.45) is 5.84 Å². The van der Waals surface area contributed by atoms with Gasteiger partial charge in [-0.15, -0.1) is 0 Å². The summed E-state index contributed by atoms with van der Waals surface area (Å²) < 4.78 is 0. The van der Waals surface area contributed by atoms with Crippen molar-refractivity contribution in [2.75, 3.05) is 0 Å². The number of rotatable bonds is 3. The minimum atomic E-state index is -0.186. The van der Waals surface area contributed by atoms with E-state index in [1.165, 1.54) is 0 Å². The van der Waals surface area contributed by atoms with Crippen LogP contribution in [0.5, 0.6) is 0 Å². The lowest BCUT2D eigenvalue weighted by Crippen LogP contribution is -2.29. The molecule has 94 valence electrons. The van der Waals surface area contributed by atoms with Gasteiger partial charge in [0, 0.05) is 21.9 Å². The van der Waals surface area contributed by atoms with E-state index in [0.717, 1.165) is 16.8 Å². The van der Waals surface area contributed by atoms with Crippen LogP contribution in [0.15, 0.2) is 36.5 Å². The van der Waals surface area contributed by atoms with Crippen molar-refractivity contribution < 1.29 is 0 Å². The summed E-state index contributed by atoms with van der Waals surface area (Å²) in [5, 5.41) is 1.16. The normalized spacial score (nSPS) is 12.4. The largest absolute Gasteiger partial charge is 0.271 e.